The number of fused-ring (bicyclic) bond motifs is 1. The van der Waals surface area contributed by atoms with Gasteiger partial charge in [-0.1, -0.05) is 17.7 Å². The Hall–Kier alpha value is -3.39. The minimum atomic E-state index is -0.364. The quantitative estimate of drug-likeness (QED) is 0.588. The predicted molar refractivity (Wildman–Crippen MR) is 93.9 cm³/mol. The summed E-state index contributed by atoms with van der Waals surface area (Å²) in [5.74, 6) is 0.443. The zero-order valence-corrected chi connectivity index (χ0v) is 13.6. The Morgan fingerprint density at radius 2 is 2.08 bits per heavy atom. The summed E-state index contributed by atoms with van der Waals surface area (Å²) in [7, 11) is 0. The first-order valence-corrected chi connectivity index (χ1v) is 7.71. The summed E-state index contributed by atoms with van der Waals surface area (Å²) in [5.41, 5.74) is 7.12. The first kappa shape index (κ1) is 15.2. The summed E-state index contributed by atoms with van der Waals surface area (Å²) in [4.78, 5) is 16.8. The molecule has 3 heterocycles. The van der Waals surface area contributed by atoms with E-state index in [0.29, 0.717) is 27.9 Å². The van der Waals surface area contributed by atoms with Gasteiger partial charge in [-0.2, -0.15) is 10.2 Å². The van der Waals surface area contributed by atoms with Crippen molar-refractivity contribution in [1.82, 2.24) is 24.4 Å². The number of carbonyl (C=O) groups is 1. The molecule has 3 aromatic heterocycles. The van der Waals surface area contributed by atoms with E-state index >= 15 is 0 Å². The molecule has 0 saturated heterocycles. The third-order valence-corrected chi connectivity index (χ3v) is 3.81. The van der Waals surface area contributed by atoms with Crippen molar-refractivity contribution in [3.63, 3.8) is 0 Å². The van der Waals surface area contributed by atoms with E-state index in [1.807, 2.05) is 12.1 Å². The normalized spacial score (nSPS) is 10.9. The summed E-state index contributed by atoms with van der Waals surface area (Å²) in [5, 5.41) is 11.7. The van der Waals surface area contributed by atoms with Crippen LogP contribution in [0.1, 0.15) is 10.4 Å². The van der Waals surface area contributed by atoms with Gasteiger partial charge in [-0.05, 0) is 24.3 Å². The number of nitrogens with one attached hydrogen (secondary N) is 1. The average Bonchev–Trinajstić information content (AvgIpc) is 3.21. The third-order valence-electron chi connectivity index (χ3n) is 3.57. The second-order valence-electron chi connectivity index (χ2n) is 5.24. The van der Waals surface area contributed by atoms with Crippen LogP contribution in [0.2, 0.25) is 5.02 Å². The molecule has 0 radical (unpaired) electrons. The number of amides is 1. The van der Waals surface area contributed by atoms with Gasteiger partial charge in [-0.3, -0.25) is 4.79 Å². The van der Waals surface area contributed by atoms with E-state index in [9.17, 15) is 4.79 Å². The molecular formula is C16H12ClN7O. The smallest absolute Gasteiger partial charge is 0.262 e. The van der Waals surface area contributed by atoms with Gasteiger partial charge in [-0.15, -0.1) is 0 Å². The molecule has 1 aromatic carbocycles. The molecule has 0 bridgehead atoms. The predicted octanol–water partition coefficient (Wildman–Crippen LogP) is 2.40. The van der Waals surface area contributed by atoms with Crippen LogP contribution in [0, 0.1) is 0 Å². The van der Waals surface area contributed by atoms with Gasteiger partial charge >= 0.3 is 0 Å². The van der Waals surface area contributed by atoms with Crippen LogP contribution < -0.4 is 11.1 Å². The van der Waals surface area contributed by atoms with Gasteiger partial charge in [0.2, 0.25) is 0 Å². The van der Waals surface area contributed by atoms with Crippen molar-refractivity contribution < 1.29 is 4.79 Å². The molecule has 4 rings (SSSR count). The highest BCUT2D eigenvalue weighted by Gasteiger charge is 2.16. The molecule has 0 saturated carbocycles. The van der Waals surface area contributed by atoms with Crippen LogP contribution in [0.15, 0.2) is 55.0 Å². The van der Waals surface area contributed by atoms with Gasteiger partial charge in [-0.25, -0.2) is 14.2 Å². The van der Waals surface area contributed by atoms with E-state index in [1.54, 1.807) is 41.3 Å². The zero-order valence-electron chi connectivity index (χ0n) is 12.8. The molecule has 1 amide bonds. The molecule has 0 aliphatic heterocycles. The van der Waals surface area contributed by atoms with Gasteiger partial charge in [0.15, 0.2) is 5.65 Å². The van der Waals surface area contributed by atoms with Crippen molar-refractivity contribution in [2.24, 2.45) is 0 Å². The van der Waals surface area contributed by atoms with Crippen molar-refractivity contribution in [1.29, 1.82) is 0 Å². The maximum absolute atomic E-state index is 12.6. The molecule has 0 aliphatic carbocycles. The summed E-state index contributed by atoms with van der Waals surface area (Å²) < 4.78 is 3.07. The van der Waals surface area contributed by atoms with Gasteiger partial charge in [0.05, 0.1) is 18.1 Å². The molecule has 0 spiro atoms. The lowest BCUT2D eigenvalue weighted by molar-refractivity contribution is 0.102. The zero-order chi connectivity index (χ0) is 17.4. The van der Waals surface area contributed by atoms with Crippen LogP contribution in [-0.4, -0.2) is 30.3 Å². The molecule has 3 N–H and O–H groups in total. The van der Waals surface area contributed by atoms with E-state index in [2.05, 4.69) is 20.5 Å². The Balaban J connectivity index is 1.68. The average molecular weight is 354 g/mol. The summed E-state index contributed by atoms with van der Waals surface area (Å²) in [6.07, 6.45) is 4.67. The highest BCUT2D eigenvalue weighted by molar-refractivity contribution is 6.30. The van der Waals surface area contributed by atoms with Crippen molar-refractivity contribution in [3.05, 3.63) is 65.6 Å². The van der Waals surface area contributed by atoms with Crippen LogP contribution in [0.5, 0.6) is 0 Å². The number of rotatable bonds is 3. The maximum atomic E-state index is 12.6. The van der Waals surface area contributed by atoms with Crippen LogP contribution in [0.3, 0.4) is 0 Å². The van der Waals surface area contributed by atoms with Crippen molar-refractivity contribution in [3.8, 4) is 5.69 Å². The first-order valence-electron chi connectivity index (χ1n) is 7.33. The fourth-order valence-electron chi connectivity index (χ4n) is 2.44. The highest BCUT2D eigenvalue weighted by Crippen LogP contribution is 2.19. The van der Waals surface area contributed by atoms with Crippen LogP contribution in [-0.2, 0) is 0 Å². The SMILES string of the molecule is Nc1ccn2ncc(C(=O)Nc3ccnn3-c3cccc(Cl)c3)c2n1. The fraction of sp³-hybridized carbons (Fsp3) is 0. The molecular weight excluding hydrogens is 342 g/mol. The Bertz CT molecular complexity index is 1080. The number of halogens is 1. The summed E-state index contributed by atoms with van der Waals surface area (Å²) in [6.45, 7) is 0. The Morgan fingerprint density at radius 3 is 2.92 bits per heavy atom. The molecule has 124 valence electrons. The molecule has 0 aliphatic rings. The van der Waals surface area contributed by atoms with E-state index in [0.717, 1.165) is 5.69 Å². The number of nitrogens with zero attached hydrogens (tertiary/aromatic N) is 5. The number of hydrogen-bond donors (Lipinski definition) is 2. The molecule has 25 heavy (non-hydrogen) atoms. The lowest BCUT2D eigenvalue weighted by Crippen LogP contribution is -2.15. The number of nitrogens with two attached hydrogens (primary N) is 1. The molecule has 0 fully saturated rings. The number of benzene rings is 1. The van der Waals surface area contributed by atoms with Crippen LogP contribution in [0.25, 0.3) is 11.3 Å². The highest BCUT2D eigenvalue weighted by atomic mass is 35.5. The number of carbonyl (C=O) groups excluding carboxylic acids is 1. The Labute approximate surface area is 146 Å². The van der Waals surface area contributed by atoms with Crippen molar-refractivity contribution in [2.75, 3.05) is 11.1 Å². The second kappa shape index (κ2) is 5.91. The van der Waals surface area contributed by atoms with E-state index < -0.39 is 0 Å². The Kier molecular flexibility index (Phi) is 3.58. The van der Waals surface area contributed by atoms with Gasteiger partial charge in [0.25, 0.3) is 5.91 Å². The van der Waals surface area contributed by atoms with E-state index in [4.69, 9.17) is 17.3 Å². The van der Waals surface area contributed by atoms with Crippen molar-refractivity contribution in [2.45, 2.75) is 0 Å². The van der Waals surface area contributed by atoms with Gasteiger partial charge in [0.1, 0.15) is 17.2 Å². The Morgan fingerprint density at radius 1 is 1.20 bits per heavy atom. The third kappa shape index (κ3) is 2.79. The van der Waals surface area contributed by atoms with Crippen LogP contribution in [0.4, 0.5) is 11.6 Å². The maximum Gasteiger partial charge on any atom is 0.262 e. The molecule has 0 unspecified atom stereocenters. The first-order chi connectivity index (χ1) is 12.1. The van der Waals surface area contributed by atoms with Gasteiger partial charge < -0.3 is 11.1 Å². The lowest BCUT2D eigenvalue weighted by Gasteiger charge is -2.08. The fourth-order valence-corrected chi connectivity index (χ4v) is 2.62. The molecule has 0 atom stereocenters. The number of anilines is 2. The number of aromatic nitrogens is 5. The number of nitrogen functional groups attached to an aromatic ring is 1. The van der Waals surface area contributed by atoms with Crippen LogP contribution >= 0.6 is 11.6 Å². The standard InChI is InChI=1S/C16H12ClN7O/c17-10-2-1-3-11(8-10)24-14(4-6-19-24)22-16(25)12-9-20-23-7-5-13(18)21-15(12)23/h1-9H,(H2,18,21)(H,22,25). The second-order valence-corrected chi connectivity index (χ2v) is 5.68. The lowest BCUT2D eigenvalue weighted by atomic mass is 10.3. The van der Waals surface area contributed by atoms with Crippen molar-refractivity contribution >= 4 is 34.8 Å². The topological polar surface area (TPSA) is 103 Å². The summed E-state index contributed by atoms with van der Waals surface area (Å²) >= 11 is 6.02. The van der Waals surface area contributed by atoms with Gasteiger partial charge in [0, 0.05) is 17.3 Å². The van der Waals surface area contributed by atoms with E-state index in [1.165, 1.54) is 10.7 Å². The molecule has 4 aromatic rings. The largest absolute Gasteiger partial charge is 0.384 e. The molecule has 8 nitrogen and oxygen atoms in total. The molecule has 9 heteroatoms. The number of hydrogen-bond acceptors (Lipinski definition) is 5. The van der Waals surface area contributed by atoms with E-state index in [-0.39, 0.29) is 5.91 Å². The minimum Gasteiger partial charge on any atom is -0.384 e. The monoisotopic (exact) mass is 353 g/mol. The minimum absolute atomic E-state index is 0.311. The summed E-state index contributed by atoms with van der Waals surface area (Å²) in [6, 6.07) is 10.5.